The van der Waals surface area contributed by atoms with Gasteiger partial charge in [-0.2, -0.15) is 0 Å². The smallest absolute Gasteiger partial charge is 0.249 e. The Morgan fingerprint density at radius 1 is 1.20 bits per heavy atom. The summed E-state index contributed by atoms with van der Waals surface area (Å²) in [5.41, 5.74) is 1.75. The number of allylic oxidation sites excluding steroid dienone is 1. The molecule has 1 aliphatic carbocycles. The SMILES string of the molecule is O=C(CC[C@@H]1CCCN(C(=O)C2=CCCC2)C1)Nc1ccc(Cl)cc1. The summed E-state index contributed by atoms with van der Waals surface area (Å²) in [5.74, 6) is 0.646. The zero-order valence-electron chi connectivity index (χ0n) is 14.5. The van der Waals surface area contributed by atoms with Gasteiger partial charge in [0, 0.05) is 35.8 Å². The minimum atomic E-state index is 0.0178. The first-order valence-corrected chi connectivity index (χ1v) is 9.53. The van der Waals surface area contributed by atoms with E-state index in [4.69, 9.17) is 11.6 Å². The standard InChI is InChI=1S/C20H25ClN2O2/c21-17-8-10-18(11-9-17)22-19(24)12-7-15-4-3-13-23(14-15)20(25)16-5-1-2-6-16/h5,8-11,15H,1-4,6-7,12-14H2,(H,22,24)/t15-/m0/s1. The summed E-state index contributed by atoms with van der Waals surface area (Å²) >= 11 is 5.85. The van der Waals surface area contributed by atoms with Crippen LogP contribution in [-0.4, -0.2) is 29.8 Å². The number of hydrogen-bond donors (Lipinski definition) is 1. The first kappa shape index (κ1) is 18.0. The second-order valence-electron chi connectivity index (χ2n) is 6.97. The molecule has 0 saturated carbocycles. The Labute approximate surface area is 154 Å². The summed E-state index contributed by atoms with van der Waals surface area (Å²) in [5, 5.41) is 3.56. The van der Waals surface area contributed by atoms with Crippen LogP contribution < -0.4 is 5.32 Å². The van der Waals surface area contributed by atoms with E-state index < -0.39 is 0 Å². The van der Waals surface area contributed by atoms with E-state index in [1.807, 2.05) is 4.90 Å². The fraction of sp³-hybridized carbons (Fsp3) is 0.500. The number of rotatable bonds is 5. The maximum atomic E-state index is 12.5. The predicted octanol–water partition coefficient (Wildman–Crippen LogP) is 4.41. The molecule has 4 nitrogen and oxygen atoms in total. The minimum absolute atomic E-state index is 0.0178. The largest absolute Gasteiger partial charge is 0.339 e. The Hall–Kier alpha value is -1.81. The number of nitrogens with zero attached hydrogens (tertiary/aromatic N) is 1. The van der Waals surface area contributed by atoms with Gasteiger partial charge in [-0.1, -0.05) is 17.7 Å². The van der Waals surface area contributed by atoms with Crippen LogP contribution in [0.5, 0.6) is 0 Å². The van der Waals surface area contributed by atoms with E-state index in [9.17, 15) is 9.59 Å². The van der Waals surface area contributed by atoms with Crippen LogP contribution in [0.4, 0.5) is 5.69 Å². The molecule has 5 heteroatoms. The lowest BCUT2D eigenvalue weighted by molar-refractivity contribution is -0.129. The van der Waals surface area contributed by atoms with E-state index in [1.54, 1.807) is 24.3 Å². The molecular weight excluding hydrogens is 336 g/mol. The van der Waals surface area contributed by atoms with Gasteiger partial charge in [0.25, 0.3) is 0 Å². The highest BCUT2D eigenvalue weighted by molar-refractivity contribution is 6.30. The van der Waals surface area contributed by atoms with Crippen molar-refractivity contribution in [1.29, 1.82) is 0 Å². The van der Waals surface area contributed by atoms with Crippen molar-refractivity contribution in [3.05, 3.63) is 40.9 Å². The summed E-state index contributed by atoms with van der Waals surface area (Å²) in [6, 6.07) is 7.13. The normalized spacial score (nSPS) is 20.3. The zero-order chi connectivity index (χ0) is 17.6. The van der Waals surface area contributed by atoms with Crippen molar-refractivity contribution in [2.24, 2.45) is 5.92 Å². The van der Waals surface area contributed by atoms with Crippen molar-refractivity contribution in [2.45, 2.75) is 44.9 Å². The molecule has 0 aromatic heterocycles. The van der Waals surface area contributed by atoms with Gasteiger partial charge in [-0.15, -0.1) is 0 Å². The lowest BCUT2D eigenvalue weighted by Crippen LogP contribution is -2.40. The predicted molar refractivity (Wildman–Crippen MR) is 101 cm³/mol. The molecular formula is C20H25ClN2O2. The van der Waals surface area contributed by atoms with Crippen LogP contribution in [0.1, 0.15) is 44.9 Å². The van der Waals surface area contributed by atoms with Crippen molar-refractivity contribution >= 4 is 29.1 Å². The molecule has 3 rings (SSSR count). The Bertz CT molecular complexity index is 654. The van der Waals surface area contributed by atoms with E-state index in [0.717, 1.165) is 62.9 Å². The van der Waals surface area contributed by atoms with Crippen LogP contribution in [0.25, 0.3) is 0 Å². The van der Waals surface area contributed by atoms with Crippen molar-refractivity contribution in [2.75, 3.05) is 18.4 Å². The topological polar surface area (TPSA) is 49.4 Å². The lowest BCUT2D eigenvalue weighted by atomic mass is 9.92. The molecule has 1 aliphatic heterocycles. The Morgan fingerprint density at radius 3 is 2.72 bits per heavy atom. The van der Waals surface area contributed by atoms with E-state index in [0.29, 0.717) is 17.4 Å². The van der Waals surface area contributed by atoms with Crippen molar-refractivity contribution < 1.29 is 9.59 Å². The molecule has 1 saturated heterocycles. The molecule has 1 aromatic carbocycles. The number of halogens is 1. The van der Waals surface area contributed by atoms with E-state index >= 15 is 0 Å². The Morgan fingerprint density at radius 2 is 2.00 bits per heavy atom. The highest BCUT2D eigenvalue weighted by atomic mass is 35.5. The maximum absolute atomic E-state index is 12.5. The number of carbonyl (C=O) groups excluding carboxylic acids is 2. The van der Waals surface area contributed by atoms with Crippen LogP contribution in [0.3, 0.4) is 0 Å². The molecule has 25 heavy (non-hydrogen) atoms. The van der Waals surface area contributed by atoms with Gasteiger partial charge in [-0.05, 0) is 68.7 Å². The monoisotopic (exact) mass is 360 g/mol. The first-order chi connectivity index (χ1) is 12.1. The van der Waals surface area contributed by atoms with Crippen LogP contribution in [0.2, 0.25) is 5.02 Å². The number of hydrogen-bond acceptors (Lipinski definition) is 2. The van der Waals surface area contributed by atoms with Crippen LogP contribution in [-0.2, 0) is 9.59 Å². The highest BCUT2D eigenvalue weighted by Gasteiger charge is 2.26. The maximum Gasteiger partial charge on any atom is 0.249 e. The third-order valence-electron chi connectivity index (χ3n) is 5.03. The third-order valence-corrected chi connectivity index (χ3v) is 5.28. The molecule has 2 aliphatic rings. The second kappa shape index (κ2) is 8.52. The van der Waals surface area contributed by atoms with Gasteiger partial charge in [-0.25, -0.2) is 0 Å². The Kier molecular flexibility index (Phi) is 6.14. The number of likely N-dealkylation sites (tertiary alicyclic amines) is 1. The Balaban J connectivity index is 1.45. The van der Waals surface area contributed by atoms with E-state index in [1.165, 1.54) is 0 Å². The van der Waals surface area contributed by atoms with Crippen molar-refractivity contribution in [1.82, 2.24) is 4.90 Å². The third kappa shape index (κ3) is 5.08. The van der Waals surface area contributed by atoms with Crippen LogP contribution in [0.15, 0.2) is 35.9 Å². The van der Waals surface area contributed by atoms with Gasteiger partial charge in [0.15, 0.2) is 0 Å². The summed E-state index contributed by atoms with van der Waals surface area (Å²) in [6.07, 6.45) is 8.57. The highest BCUT2D eigenvalue weighted by Crippen LogP contribution is 2.26. The van der Waals surface area contributed by atoms with Gasteiger partial charge in [0.1, 0.15) is 0 Å². The van der Waals surface area contributed by atoms with Gasteiger partial charge in [0.05, 0.1) is 0 Å². The molecule has 1 heterocycles. The quantitative estimate of drug-likeness (QED) is 0.845. The fourth-order valence-electron chi connectivity index (χ4n) is 3.65. The molecule has 0 unspecified atom stereocenters. The number of piperidine rings is 1. The van der Waals surface area contributed by atoms with E-state index in [-0.39, 0.29) is 11.8 Å². The van der Waals surface area contributed by atoms with Crippen molar-refractivity contribution in [3.63, 3.8) is 0 Å². The summed E-state index contributed by atoms with van der Waals surface area (Å²) in [6.45, 7) is 1.63. The van der Waals surface area contributed by atoms with Gasteiger partial charge in [-0.3, -0.25) is 9.59 Å². The molecule has 1 N–H and O–H groups in total. The molecule has 1 aromatic rings. The number of carbonyl (C=O) groups is 2. The van der Waals surface area contributed by atoms with Crippen LogP contribution in [0, 0.1) is 5.92 Å². The zero-order valence-corrected chi connectivity index (χ0v) is 15.2. The molecule has 134 valence electrons. The number of anilines is 1. The molecule has 1 atom stereocenters. The van der Waals surface area contributed by atoms with E-state index in [2.05, 4.69) is 11.4 Å². The molecule has 2 amide bonds. The van der Waals surface area contributed by atoms with Crippen LogP contribution >= 0.6 is 11.6 Å². The number of amides is 2. The molecule has 0 radical (unpaired) electrons. The molecule has 1 fully saturated rings. The minimum Gasteiger partial charge on any atom is -0.339 e. The average Bonchev–Trinajstić information content (AvgIpc) is 3.16. The fourth-order valence-corrected chi connectivity index (χ4v) is 3.77. The van der Waals surface area contributed by atoms with Gasteiger partial charge >= 0.3 is 0 Å². The van der Waals surface area contributed by atoms with Gasteiger partial charge in [0.2, 0.25) is 11.8 Å². The second-order valence-corrected chi connectivity index (χ2v) is 7.41. The first-order valence-electron chi connectivity index (χ1n) is 9.15. The summed E-state index contributed by atoms with van der Waals surface area (Å²) < 4.78 is 0. The summed E-state index contributed by atoms with van der Waals surface area (Å²) in [7, 11) is 0. The number of benzene rings is 1. The summed E-state index contributed by atoms with van der Waals surface area (Å²) in [4.78, 5) is 26.6. The molecule has 0 bridgehead atoms. The molecule has 0 spiro atoms. The number of nitrogens with one attached hydrogen (secondary N) is 1. The average molecular weight is 361 g/mol. The van der Waals surface area contributed by atoms with Crippen molar-refractivity contribution in [3.8, 4) is 0 Å². The van der Waals surface area contributed by atoms with Gasteiger partial charge < -0.3 is 10.2 Å². The lowest BCUT2D eigenvalue weighted by Gasteiger charge is -2.33.